The molecule has 1 aromatic carbocycles. The molecule has 0 radical (unpaired) electrons. The molecule has 126 valence electrons. The molecular formula is C16H19N5O3. The van der Waals surface area contributed by atoms with Crippen molar-refractivity contribution in [2.75, 3.05) is 12.1 Å². The fourth-order valence-electron chi connectivity index (χ4n) is 2.37. The van der Waals surface area contributed by atoms with E-state index in [0.29, 0.717) is 23.8 Å². The number of likely N-dealkylation sites (N-methyl/N-ethyl adjacent to an activating group) is 1. The van der Waals surface area contributed by atoms with Crippen LogP contribution in [0.15, 0.2) is 28.8 Å². The Morgan fingerprint density at radius 2 is 2.04 bits per heavy atom. The molecule has 1 atom stereocenters. The van der Waals surface area contributed by atoms with Gasteiger partial charge in [0, 0.05) is 30.9 Å². The second-order valence-electron chi connectivity index (χ2n) is 5.72. The summed E-state index contributed by atoms with van der Waals surface area (Å²) in [6, 6.07) is 7.29. The first-order chi connectivity index (χ1) is 11.6. The smallest absolute Gasteiger partial charge is 0.257 e. The van der Waals surface area contributed by atoms with Crippen LogP contribution in [0.5, 0.6) is 0 Å². The van der Waals surface area contributed by atoms with Gasteiger partial charge in [0.25, 0.3) is 5.89 Å². The van der Waals surface area contributed by atoms with Crippen LogP contribution < -0.4 is 15.8 Å². The van der Waals surface area contributed by atoms with Crippen LogP contribution in [-0.2, 0) is 16.0 Å². The lowest BCUT2D eigenvalue weighted by atomic mass is 10.1. The third-order valence-corrected chi connectivity index (χ3v) is 3.87. The Kier molecular flexibility index (Phi) is 4.57. The summed E-state index contributed by atoms with van der Waals surface area (Å²) in [4.78, 5) is 27.7. The molecule has 1 aliphatic heterocycles. The van der Waals surface area contributed by atoms with Gasteiger partial charge in [-0.2, -0.15) is 4.98 Å². The Bertz CT molecular complexity index is 740. The van der Waals surface area contributed by atoms with E-state index in [1.807, 2.05) is 14.0 Å². The van der Waals surface area contributed by atoms with E-state index < -0.39 is 0 Å². The number of anilines is 1. The molecule has 0 aliphatic carbocycles. The van der Waals surface area contributed by atoms with Crippen molar-refractivity contribution in [1.29, 1.82) is 0 Å². The summed E-state index contributed by atoms with van der Waals surface area (Å²) >= 11 is 0. The molecule has 2 heterocycles. The predicted molar refractivity (Wildman–Crippen MR) is 86.8 cm³/mol. The van der Waals surface area contributed by atoms with Gasteiger partial charge in [-0.05, 0) is 38.2 Å². The van der Waals surface area contributed by atoms with Crippen LogP contribution in [0.1, 0.15) is 25.6 Å². The third kappa shape index (κ3) is 3.43. The molecule has 0 spiro atoms. The van der Waals surface area contributed by atoms with Gasteiger partial charge in [-0.25, -0.2) is 5.01 Å². The Morgan fingerprint density at radius 1 is 1.29 bits per heavy atom. The van der Waals surface area contributed by atoms with E-state index in [1.54, 1.807) is 24.3 Å². The molecule has 3 rings (SSSR count). The molecule has 8 heteroatoms. The van der Waals surface area contributed by atoms with Crippen molar-refractivity contribution >= 4 is 17.5 Å². The highest BCUT2D eigenvalue weighted by molar-refractivity contribution is 6.01. The Hall–Kier alpha value is -2.74. The van der Waals surface area contributed by atoms with E-state index in [2.05, 4.69) is 20.9 Å². The largest absolute Gasteiger partial charge is 0.334 e. The van der Waals surface area contributed by atoms with Gasteiger partial charge in [-0.15, -0.1) is 0 Å². The highest BCUT2D eigenvalue weighted by atomic mass is 16.5. The van der Waals surface area contributed by atoms with Gasteiger partial charge in [0.1, 0.15) is 0 Å². The maximum atomic E-state index is 11.9. The number of carbonyl (C=O) groups is 2. The number of hydrazine groups is 1. The summed E-state index contributed by atoms with van der Waals surface area (Å²) in [5, 5.41) is 8.35. The summed E-state index contributed by atoms with van der Waals surface area (Å²) in [5.74, 6) is 0.755. The van der Waals surface area contributed by atoms with Crippen LogP contribution in [0.25, 0.3) is 11.5 Å². The zero-order valence-electron chi connectivity index (χ0n) is 13.6. The third-order valence-electron chi connectivity index (χ3n) is 3.87. The van der Waals surface area contributed by atoms with Crippen molar-refractivity contribution < 1.29 is 14.1 Å². The van der Waals surface area contributed by atoms with E-state index in [0.717, 1.165) is 5.56 Å². The maximum Gasteiger partial charge on any atom is 0.257 e. The molecule has 1 unspecified atom stereocenters. The minimum atomic E-state index is -0.168. The summed E-state index contributed by atoms with van der Waals surface area (Å²) in [7, 11) is 1.88. The fraction of sp³-hybridized carbons (Fsp3) is 0.375. The highest BCUT2D eigenvalue weighted by Gasteiger charge is 2.24. The Balaban J connectivity index is 1.75. The molecule has 8 nitrogen and oxygen atoms in total. The summed E-state index contributed by atoms with van der Waals surface area (Å²) in [5.41, 5.74) is 3.91. The van der Waals surface area contributed by atoms with E-state index in [9.17, 15) is 9.59 Å². The monoisotopic (exact) mass is 329 g/mol. The number of aromatic nitrogens is 2. The number of nitrogens with one attached hydrogen (secondary N) is 2. The molecule has 1 fully saturated rings. The molecule has 2 N–H and O–H groups in total. The zero-order chi connectivity index (χ0) is 17.1. The van der Waals surface area contributed by atoms with Gasteiger partial charge in [0.2, 0.25) is 11.8 Å². The average molecular weight is 329 g/mol. The van der Waals surface area contributed by atoms with Crippen molar-refractivity contribution in [2.24, 2.45) is 0 Å². The van der Waals surface area contributed by atoms with Crippen LogP contribution in [0, 0.1) is 0 Å². The van der Waals surface area contributed by atoms with Gasteiger partial charge < -0.3 is 9.84 Å². The molecule has 2 aromatic rings. The molecule has 1 aromatic heterocycles. The van der Waals surface area contributed by atoms with Crippen LogP contribution in [0.4, 0.5) is 5.69 Å². The van der Waals surface area contributed by atoms with E-state index >= 15 is 0 Å². The number of hydrogen-bond acceptors (Lipinski definition) is 6. The molecule has 0 saturated carbocycles. The Labute approximate surface area is 139 Å². The van der Waals surface area contributed by atoms with Gasteiger partial charge >= 0.3 is 0 Å². The summed E-state index contributed by atoms with van der Waals surface area (Å²) in [6.45, 7) is 2.04. The van der Waals surface area contributed by atoms with Crippen molar-refractivity contribution in [3.8, 4) is 11.5 Å². The number of hydrogen-bond donors (Lipinski definition) is 2. The molecule has 2 amide bonds. The summed E-state index contributed by atoms with van der Waals surface area (Å²) < 4.78 is 5.28. The second-order valence-corrected chi connectivity index (χ2v) is 5.72. The molecular weight excluding hydrogens is 310 g/mol. The first-order valence-corrected chi connectivity index (χ1v) is 7.79. The van der Waals surface area contributed by atoms with E-state index in [1.165, 1.54) is 5.01 Å². The lowest BCUT2D eigenvalue weighted by Gasteiger charge is -2.27. The SMILES string of the molecule is CNC(C)Cc1noc(-c2ccc(N3NC(=O)CCC3=O)cc2)n1. The molecule has 24 heavy (non-hydrogen) atoms. The number of nitrogens with zero attached hydrogens (tertiary/aromatic N) is 3. The standard InChI is InChI=1S/C16H19N5O3/c1-10(17-2)9-13-18-16(24-20-13)11-3-5-12(6-4-11)21-15(23)8-7-14(22)19-21/h3-6,10,17H,7-9H2,1-2H3,(H,19,22). The average Bonchev–Trinajstić information content (AvgIpc) is 3.05. The maximum absolute atomic E-state index is 11.9. The number of benzene rings is 1. The predicted octanol–water partition coefficient (Wildman–Crippen LogP) is 1.04. The van der Waals surface area contributed by atoms with Gasteiger partial charge in [-0.1, -0.05) is 5.16 Å². The lowest BCUT2D eigenvalue weighted by Crippen LogP contribution is -2.50. The lowest BCUT2D eigenvalue weighted by molar-refractivity contribution is -0.130. The van der Waals surface area contributed by atoms with Crippen LogP contribution in [0.3, 0.4) is 0 Å². The zero-order valence-corrected chi connectivity index (χ0v) is 13.6. The van der Waals surface area contributed by atoms with Crippen molar-refractivity contribution in [2.45, 2.75) is 32.2 Å². The molecule has 0 bridgehead atoms. The van der Waals surface area contributed by atoms with E-state index in [4.69, 9.17) is 4.52 Å². The molecule has 1 aliphatic rings. The van der Waals surface area contributed by atoms with E-state index in [-0.39, 0.29) is 30.7 Å². The van der Waals surface area contributed by atoms with Gasteiger partial charge in [0.15, 0.2) is 5.82 Å². The topological polar surface area (TPSA) is 100 Å². The fourth-order valence-corrected chi connectivity index (χ4v) is 2.37. The minimum absolute atomic E-state index is 0.136. The quantitative estimate of drug-likeness (QED) is 0.850. The minimum Gasteiger partial charge on any atom is -0.334 e. The van der Waals surface area contributed by atoms with Crippen LogP contribution in [0.2, 0.25) is 0 Å². The molecule has 1 saturated heterocycles. The number of rotatable bonds is 5. The van der Waals surface area contributed by atoms with Crippen LogP contribution >= 0.6 is 0 Å². The normalized spacial score (nSPS) is 16.2. The van der Waals surface area contributed by atoms with Gasteiger partial charge in [-0.3, -0.25) is 15.0 Å². The first-order valence-electron chi connectivity index (χ1n) is 7.79. The van der Waals surface area contributed by atoms with Gasteiger partial charge in [0.05, 0.1) is 5.69 Å². The summed E-state index contributed by atoms with van der Waals surface area (Å²) in [6.07, 6.45) is 1.11. The second kappa shape index (κ2) is 6.79. The highest BCUT2D eigenvalue weighted by Crippen LogP contribution is 2.23. The first kappa shape index (κ1) is 16.1. The van der Waals surface area contributed by atoms with Crippen molar-refractivity contribution in [3.05, 3.63) is 30.1 Å². The Morgan fingerprint density at radius 3 is 2.75 bits per heavy atom. The number of carbonyl (C=O) groups excluding carboxylic acids is 2. The van der Waals surface area contributed by atoms with Crippen molar-refractivity contribution in [3.63, 3.8) is 0 Å². The number of amides is 2. The van der Waals surface area contributed by atoms with Crippen molar-refractivity contribution in [1.82, 2.24) is 20.9 Å². The van der Waals surface area contributed by atoms with Crippen LogP contribution in [-0.4, -0.2) is 35.0 Å².